The summed E-state index contributed by atoms with van der Waals surface area (Å²) in [6, 6.07) is 9.19. The Morgan fingerprint density at radius 2 is 1.50 bits per heavy atom. The van der Waals surface area contributed by atoms with E-state index in [-0.39, 0.29) is 0 Å². The van der Waals surface area contributed by atoms with Crippen LogP contribution in [0.25, 0.3) is 0 Å². The van der Waals surface area contributed by atoms with Gasteiger partial charge in [-0.2, -0.15) is 0 Å². The smallest absolute Gasteiger partial charge is 0.0624 e. The number of halogens is 4. The molecule has 0 bridgehead atoms. The summed E-state index contributed by atoms with van der Waals surface area (Å²) in [5.41, 5.74) is 3.04. The van der Waals surface area contributed by atoms with Gasteiger partial charge < -0.3 is 0 Å². The van der Waals surface area contributed by atoms with Crippen LogP contribution in [0.4, 0.5) is 0 Å². The van der Waals surface area contributed by atoms with Gasteiger partial charge in [0, 0.05) is 10.0 Å². The van der Waals surface area contributed by atoms with E-state index < -0.39 is 0 Å². The molecule has 2 aromatic carbocycles. The third-order valence-corrected chi connectivity index (χ3v) is 4.34. The highest BCUT2D eigenvalue weighted by Gasteiger charge is 2.09. The summed E-state index contributed by atoms with van der Waals surface area (Å²) in [5, 5.41) is 2.53. The normalized spacial score (nSPS) is 10.7. The average molecular weight is 320 g/mol. The summed E-state index contributed by atoms with van der Waals surface area (Å²) >= 11 is 24.2. The fraction of sp³-hybridized carbons (Fsp3) is 0.143. The van der Waals surface area contributed by atoms with E-state index in [1.165, 1.54) is 0 Å². The molecule has 0 N–H and O–H groups in total. The van der Waals surface area contributed by atoms with Gasteiger partial charge in [0.2, 0.25) is 0 Å². The predicted molar refractivity (Wildman–Crippen MR) is 80.5 cm³/mol. The summed E-state index contributed by atoms with van der Waals surface area (Å²) < 4.78 is 0. The van der Waals surface area contributed by atoms with Crippen LogP contribution < -0.4 is 0 Å². The molecule has 0 nitrogen and oxygen atoms in total. The fourth-order valence-corrected chi connectivity index (χ4v) is 2.54. The van der Waals surface area contributed by atoms with Crippen molar-refractivity contribution in [2.45, 2.75) is 13.3 Å². The van der Waals surface area contributed by atoms with E-state index in [1.54, 1.807) is 18.2 Å². The van der Waals surface area contributed by atoms with Gasteiger partial charge in [0.05, 0.1) is 10.0 Å². The van der Waals surface area contributed by atoms with Gasteiger partial charge in [-0.25, -0.2) is 0 Å². The summed E-state index contributed by atoms with van der Waals surface area (Å²) in [6.45, 7) is 1.95. The lowest BCUT2D eigenvalue weighted by molar-refractivity contribution is 1.16. The van der Waals surface area contributed by atoms with E-state index in [9.17, 15) is 0 Å². The third-order valence-electron chi connectivity index (χ3n) is 2.84. The van der Waals surface area contributed by atoms with E-state index in [4.69, 9.17) is 46.4 Å². The SMILES string of the molecule is Cc1c(Cc2cc(Cl)ccc2Cl)ccc(Cl)c1Cl. The Kier molecular flexibility index (Phi) is 4.45. The molecule has 0 fully saturated rings. The van der Waals surface area contributed by atoms with Crippen LogP contribution in [-0.4, -0.2) is 0 Å². The molecular formula is C14H10Cl4. The van der Waals surface area contributed by atoms with Crippen molar-refractivity contribution in [1.29, 1.82) is 0 Å². The zero-order valence-electron chi connectivity index (χ0n) is 9.61. The summed E-state index contributed by atoms with van der Waals surface area (Å²) in [7, 11) is 0. The molecule has 0 aliphatic carbocycles. The predicted octanol–water partition coefficient (Wildman–Crippen LogP) is 6.20. The van der Waals surface area contributed by atoms with Gasteiger partial charge in [0.25, 0.3) is 0 Å². The molecule has 0 saturated heterocycles. The van der Waals surface area contributed by atoms with Gasteiger partial charge in [-0.1, -0.05) is 52.5 Å². The second kappa shape index (κ2) is 5.71. The highest BCUT2D eigenvalue weighted by Crippen LogP contribution is 2.30. The Bertz CT molecular complexity index is 591. The zero-order chi connectivity index (χ0) is 13.3. The van der Waals surface area contributed by atoms with Crippen LogP contribution in [0, 0.1) is 6.92 Å². The van der Waals surface area contributed by atoms with Crippen LogP contribution >= 0.6 is 46.4 Å². The number of rotatable bonds is 2. The molecule has 0 heterocycles. The van der Waals surface area contributed by atoms with Crippen molar-refractivity contribution in [3.05, 3.63) is 67.1 Å². The minimum absolute atomic E-state index is 0.565. The minimum Gasteiger partial charge on any atom is -0.0843 e. The molecule has 0 amide bonds. The summed E-state index contributed by atoms with van der Waals surface area (Å²) in [5.74, 6) is 0. The van der Waals surface area contributed by atoms with E-state index in [1.807, 2.05) is 19.1 Å². The molecule has 0 atom stereocenters. The molecule has 0 aromatic heterocycles. The van der Waals surface area contributed by atoms with Crippen LogP contribution in [-0.2, 0) is 6.42 Å². The van der Waals surface area contributed by atoms with Crippen molar-refractivity contribution in [1.82, 2.24) is 0 Å². The lowest BCUT2D eigenvalue weighted by Gasteiger charge is -2.10. The van der Waals surface area contributed by atoms with Crippen LogP contribution in [0.1, 0.15) is 16.7 Å². The van der Waals surface area contributed by atoms with Crippen molar-refractivity contribution in [2.24, 2.45) is 0 Å². The standard InChI is InChI=1S/C14H10Cl4/c1-8-9(2-4-13(17)14(8)18)6-10-7-11(15)3-5-12(10)16/h2-5,7H,6H2,1H3. The van der Waals surface area contributed by atoms with E-state index in [0.717, 1.165) is 16.7 Å². The van der Waals surface area contributed by atoms with Gasteiger partial charge in [-0.05, 0) is 54.3 Å². The molecule has 0 aliphatic heterocycles. The number of hydrogen-bond acceptors (Lipinski definition) is 0. The van der Waals surface area contributed by atoms with Crippen LogP contribution in [0.3, 0.4) is 0 Å². The van der Waals surface area contributed by atoms with Crippen LogP contribution in [0.15, 0.2) is 30.3 Å². The van der Waals surface area contributed by atoms with E-state index in [0.29, 0.717) is 26.5 Å². The van der Waals surface area contributed by atoms with Gasteiger partial charge >= 0.3 is 0 Å². The molecule has 0 aliphatic rings. The second-order valence-electron chi connectivity index (χ2n) is 4.06. The molecule has 0 saturated carbocycles. The highest BCUT2D eigenvalue weighted by molar-refractivity contribution is 6.42. The first-order valence-corrected chi connectivity index (χ1v) is 6.87. The van der Waals surface area contributed by atoms with Gasteiger partial charge in [-0.3, -0.25) is 0 Å². The van der Waals surface area contributed by atoms with Gasteiger partial charge in [-0.15, -0.1) is 0 Å². The highest BCUT2D eigenvalue weighted by atomic mass is 35.5. The second-order valence-corrected chi connectivity index (χ2v) is 5.69. The topological polar surface area (TPSA) is 0 Å². The monoisotopic (exact) mass is 318 g/mol. The van der Waals surface area contributed by atoms with Crippen LogP contribution in [0.5, 0.6) is 0 Å². The van der Waals surface area contributed by atoms with Crippen molar-refractivity contribution in [2.75, 3.05) is 0 Å². The summed E-state index contributed by atoms with van der Waals surface area (Å²) in [4.78, 5) is 0. The Morgan fingerprint density at radius 3 is 2.22 bits per heavy atom. The Labute approximate surface area is 126 Å². The Balaban J connectivity index is 2.40. The average Bonchev–Trinajstić information content (AvgIpc) is 2.34. The zero-order valence-corrected chi connectivity index (χ0v) is 12.6. The van der Waals surface area contributed by atoms with Crippen molar-refractivity contribution in [3.63, 3.8) is 0 Å². The molecule has 0 unspecified atom stereocenters. The minimum atomic E-state index is 0.565. The quantitative estimate of drug-likeness (QED) is 0.618. The molecule has 2 aromatic rings. The van der Waals surface area contributed by atoms with Gasteiger partial charge in [0.15, 0.2) is 0 Å². The first-order chi connectivity index (χ1) is 8.49. The molecule has 2 rings (SSSR count). The van der Waals surface area contributed by atoms with Crippen molar-refractivity contribution < 1.29 is 0 Å². The lowest BCUT2D eigenvalue weighted by Crippen LogP contribution is -1.94. The molecule has 0 radical (unpaired) electrons. The van der Waals surface area contributed by atoms with Gasteiger partial charge in [0.1, 0.15) is 0 Å². The van der Waals surface area contributed by atoms with E-state index in [2.05, 4.69) is 0 Å². The lowest BCUT2D eigenvalue weighted by atomic mass is 10.0. The van der Waals surface area contributed by atoms with Crippen molar-refractivity contribution >= 4 is 46.4 Å². The Morgan fingerprint density at radius 1 is 0.833 bits per heavy atom. The first kappa shape index (κ1) is 14.0. The molecule has 4 heteroatoms. The third kappa shape index (κ3) is 2.95. The number of benzene rings is 2. The van der Waals surface area contributed by atoms with E-state index >= 15 is 0 Å². The summed E-state index contributed by atoms with van der Waals surface area (Å²) in [6.07, 6.45) is 0.683. The number of hydrogen-bond donors (Lipinski definition) is 0. The maximum absolute atomic E-state index is 6.15. The molecule has 94 valence electrons. The largest absolute Gasteiger partial charge is 0.0843 e. The maximum Gasteiger partial charge on any atom is 0.0624 e. The maximum atomic E-state index is 6.15. The first-order valence-electron chi connectivity index (χ1n) is 5.36. The Hall–Kier alpha value is -0.400. The fourth-order valence-electron chi connectivity index (χ4n) is 1.77. The molecule has 18 heavy (non-hydrogen) atoms. The molecular weight excluding hydrogens is 310 g/mol. The van der Waals surface area contributed by atoms with Crippen LogP contribution in [0.2, 0.25) is 20.1 Å². The van der Waals surface area contributed by atoms with Crippen molar-refractivity contribution in [3.8, 4) is 0 Å². The molecule has 0 spiro atoms.